The molecule has 2 rings (SSSR count). The van der Waals surface area contributed by atoms with Crippen molar-refractivity contribution in [3.8, 4) is 5.75 Å². The molecule has 1 aromatic heterocycles. The van der Waals surface area contributed by atoms with E-state index in [1.165, 1.54) is 24.5 Å². The highest BCUT2D eigenvalue weighted by molar-refractivity contribution is 7.79. The summed E-state index contributed by atoms with van der Waals surface area (Å²) in [5, 5.41) is 0.653. The lowest BCUT2D eigenvalue weighted by atomic mass is 10.3. The standard InChI is InChI=1S/C7H7ClO.C5H5NO3S/c1-9-7-5-3-2-4-6(7)8;7-10(8,9)6-4-2-1-3-5-6/h2-5H,1H3;1-5H/p+1. The van der Waals surface area contributed by atoms with E-state index >= 15 is 0 Å². The first-order valence-electron chi connectivity index (χ1n) is 5.18. The van der Waals surface area contributed by atoms with Crippen LogP contribution in [0, 0.1) is 0 Å². The molecule has 0 aliphatic carbocycles. The van der Waals surface area contributed by atoms with Gasteiger partial charge in [-0.15, -0.1) is 8.42 Å². The van der Waals surface area contributed by atoms with Gasteiger partial charge < -0.3 is 4.74 Å². The van der Waals surface area contributed by atoms with Gasteiger partial charge in [0.2, 0.25) is 0 Å². The molecule has 0 saturated carbocycles. The third-order valence-electron chi connectivity index (χ3n) is 2.01. The molecule has 0 unspecified atom stereocenters. The number of methoxy groups -OCH3 is 1. The molecule has 1 aromatic carbocycles. The number of rotatable bonds is 2. The summed E-state index contributed by atoms with van der Waals surface area (Å²) in [6, 6.07) is 12.0. The number of para-hydroxylation sites is 1. The van der Waals surface area contributed by atoms with Crippen LogP contribution in [0.2, 0.25) is 5.02 Å². The number of benzene rings is 1. The first-order chi connectivity index (χ1) is 8.95. The van der Waals surface area contributed by atoms with E-state index < -0.39 is 10.3 Å². The van der Waals surface area contributed by atoms with E-state index in [0.29, 0.717) is 9.00 Å². The van der Waals surface area contributed by atoms with Crippen LogP contribution in [0.5, 0.6) is 5.75 Å². The van der Waals surface area contributed by atoms with Gasteiger partial charge in [0.15, 0.2) is 12.4 Å². The number of halogens is 1. The average molecular weight is 303 g/mol. The van der Waals surface area contributed by atoms with Crippen LogP contribution >= 0.6 is 11.6 Å². The van der Waals surface area contributed by atoms with Gasteiger partial charge in [-0.3, -0.25) is 0 Å². The van der Waals surface area contributed by atoms with Crippen molar-refractivity contribution in [1.29, 1.82) is 0 Å². The first-order valence-corrected chi connectivity index (χ1v) is 6.95. The number of pyridine rings is 1. The lowest BCUT2D eigenvalue weighted by molar-refractivity contribution is -0.519. The first kappa shape index (κ1) is 15.4. The second-order valence-corrected chi connectivity index (χ2v) is 5.04. The summed E-state index contributed by atoms with van der Waals surface area (Å²) in [6.45, 7) is 0. The van der Waals surface area contributed by atoms with Gasteiger partial charge in [-0.25, -0.2) is 4.55 Å². The molecular weight excluding hydrogens is 290 g/mol. The predicted molar refractivity (Wildman–Crippen MR) is 71.6 cm³/mol. The van der Waals surface area contributed by atoms with Crippen LogP contribution in [-0.2, 0) is 10.3 Å². The molecule has 2 aromatic rings. The van der Waals surface area contributed by atoms with Crippen molar-refractivity contribution in [2.45, 2.75) is 0 Å². The summed E-state index contributed by atoms with van der Waals surface area (Å²) in [7, 11) is -2.49. The Hall–Kier alpha value is -1.63. The molecule has 0 atom stereocenters. The minimum Gasteiger partial charge on any atom is -0.495 e. The van der Waals surface area contributed by atoms with E-state index in [1.54, 1.807) is 19.2 Å². The van der Waals surface area contributed by atoms with E-state index in [0.717, 1.165) is 5.75 Å². The molecule has 0 radical (unpaired) electrons. The highest BCUT2D eigenvalue weighted by Gasteiger charge is 2.14. The molecule has 0 aliphatic rings. The SMILES string of the molecule is COc1ccccc1Cl.O=S(=O)(O)[n+]1ccccc1. The summed E-state index contributed by atoms with van der Waals surface area (Å²) in [6.07, 6.45) is 2.49. The zero-order valence-electron chi connectivity index (χ0n) is 10.1. The highest BCUT2D eigenvalue weighted by atomic mass is 35.5. The Morgan fingerprint density at radius 2 is 1.68 bits per heavy atom. The molecule has 0 aliphatic heterocycles. The zero-order valence-corrected chi connectivity index (χ0v) is 11.7. The monoisotopic (exact) mass is 302 g/mol. The van der Waals surface area contributed by atoms with Gasteiger partial charge in [0, 0.05) is 12.1 Å². The summed E-state index contributed by atoms with van der Waals surface area (Å²) in [5.74, 6) is 0.721. The topological polar surface area (TPSA) is 67.5 Å². The van der Waals surface area contributed by atoms with E-state index in [9.17, 15) is 8.42 Å². The Balaban J connectivity index is 0.000000191. The molecule has 7 heteroatoms. The fourth-order valence-electron chi connectivity index (χ4n) is 1.15. The number of nitrogens with zero attached hydrogens (tertiary/aromatic N) is 1. The largest absolute Gasteiger partial charge is 0.511 e. The predicted octanol–water partition coefficient (Wildman–Crippen LogP) is 1.97. The molecule has 5 nitrogen and oxygen atoms in total. The summed E-state index contributed by atoms with van der Waals surface area (Å²) in [4.78, 5) is 0. The van der Waals surface area contributed by atoms with E-state index in [-0.39, 0.29) is 0 Å². The normalized spacial score (nSPS) is 10.3. The molecular formula is C12H13ClNO4S+. The van der Waals surface area contributed by atoms with Crippen molar-refractivity contribution >= 4 is 21.9 Å². The second-order valence-electron chi connectivity index (χ2n) is 3.32. The molecule has 0 bridgehead atoms. The van der Waals surface area contributed by atoms with Crippen molar-refractivity contribution in [3.05, 3.63) is 59.9 Å². The maximum Gasteiger partial charge on any atom is 0.511 e. The van der Waals surface area contributed by atoms with Crippen molar-refractivity contribution in [3.63, 3.8) is 0 Å². The van der Waals surface area contributed by atoms with E-state index in [4.69, 9.17) is 20.9 Å². The number of hydrogen-bond acceptors (Lipinski definition) is 3. The molecule has 1 heterocycles. The van der Waals surface area contributed by atoms with Crippen molar-refractivity contribution in [2.24, 2.45) is 0 Å². The molecule has 0 amide bonds. The van der Waals surface area contributed by atoms with Crippen LogP contribution in [0.25, 0.3) is 0 Å². The summed E-state index contributed by atoms with van der Waals surface area (Å²) in [5.41, 5.74) is 0. The van der Waals surface area contributed by atoms with Crippen molar-refractivity contribution in [2.75, 3.05) is 7.11 Å². The zero-order chi connectivity index (χ0) is 14.3. The van der Waals surface area contributed by atoms with Crippen molar-refractivity contribution in [1.82, 2.24) is 0 Å². The van der Waals surface area contributed by atoms with Gasteiger partial charge in [-0.2, -0.15) is 0 Å². The van der Waals surface area contributed by atoms with Gasteiger partial charge in [0.1, 0.15) is 5.75 Å². The maximum atomic E-state index is 10.4. The Labute approximate surface area is 116 Å². The third kappa shape index (κ3) is 5.25. The molecule has 19 heavy (non-hydrogen) atoms. The Bertz CT molecular complexity index is 617. The van der Waals surface area contributed by atoms with Crippen LogP contribution in [-0.4, -0.2) is 20.1 Å². The highest BCUT2D eigenvalue weighted by Crippen LogP contribution is 2.21. The van der Waals surface area contributed by atoms with Crippen LogP contribution in [0.1, 0.15) is 0 Å². The molecule has 1 N–H and O–H groups in total. The van der Waals surface area contributed by atoms with Crippen LogP contribution < -0.4 is 8.71 Å². The lowest BCUT2D eigenvalue weighted by Gasteiger charge is -1.98. The molecule has 0 saturated heterocycles. The smallest absolute Gasteiger partial charge is 0.495 e. The van der Waals surface area contributed by atoms with Gasteiger partial charge in [0.25, 0.3) is 0 Å². The number of aromatic nitrogens is 1. The minimum atomic E-state index is -4.09. The number of hydrogen-bond donors (Lipinski definition) is 1. The molecule has 0 fully saturated rings. The second kappa shape index (κ2) is 7.08. The summed E-state index contributed by atoms with van der Waals surface area (Å²) >= 11 is 5.70. The third-order valence-corrected chi connectivity index (χ3v) is 3.10. The van der Waals surface area contributed by atoms with Gasteiger partial charge in [-0.1, -0.05) is 33.8 Å². The molecule has 0 spiro atoms. The maximum absolute atomic E-state index is 10.4. The van der Waals surface area contributed by atoms with Gasteiger partial charge >= 0.3 is 10.3 Å². The van der Waals surface area contributed by atoms with Gasteiger partial charge in [0.05, 0.1) is 12.1 Å². The minimum absolute atomic E-state index is 0.653. The van der Waals surface area contributed by atoms with E-state index in [1.807, 2.05) is 18.2 Å². The number of ether oxygens (including phenoxy) is 1. The van der Waals surface area contributed by atoms with Crippen LogP contribution in [0.3, 0.4) is 0 Å². The fourth-order valence-corrected chi connectivity index (χ4v) is 1.81. The Morgan fingerprint density at radius 1 is 1.11 bits per heavy atom. The van der Waals surface area contributed by atoms with E-state index in [2.05, 4.69) is 0 Å². The average Bonchev–Trinajstić information content (AvgIpc) is 2.40. The summed E-state index contributed by atoms with van der Waals surface area (Å²) < 4.78 is 34.8. The van der Waals surface area contributed by atoms with Crippen LogP contribution in [0.4, 0.5) is 0 Å². The van der Waals surface area contributed by atoms with Crippen LogP contribution in [0.15, 0.2) is 54.9 Å². The van der Waals surface area contributed by atoms with Crippen molar-refractivity contribution < 1.29 is 21.7 Å². The lowest BCUT2D eigenvalue weighted by Crippen LogP contribution is -2.40. The fraction of sp³-hybridized carbons (Fsp3) is 0.0833. The quantitative estimate of drug-likeness (QED) is 0.680. The Morgan fingerprint density at radius 3 is 2.05 bits per heavy atom. The Kier molecular flexibility index (Phi) is 5.75. The molecule has 102 valence electrons. The van der Waals surface area contributed by atoms with Gasteiger partial charge in [-0.05, 0) is 12.1 Å².